The number of phenols is 1. The first-order valence-corrected chi connectivity index (χ1v) is 7.86. The molecule has 2 rings (SSSR count). The summed E-state index contributed by atoms with van der Waals surface area (Å²) in [6.45, 7) is 5.97. The van der Waals surface area contributed by atoms with Gasteiger partial charge in [-0.2, -0.15) is 0 Å². The average Bonchev–Trinajstić information content (AvgIpc) is 2.50. The number of carbonyl (C=O) groups is 1. The molecule has 0 heterocycles. The molecule has 0 fully saturated rings. The maximum absolute atomic E-state index is 12.1. The predicted octanol–water partition coefficient (Wildman–Crippen LogP) is 4.15. The average molecular weight is 312 g/mol. The molecule has 0 bridgehead atoms. The monoisotopic (exact) mass is 312 g/mol. The number of amides is 2. The lowest BCUT2D eigenvalue weighted by molar-refractivity contribution is 0.248. The van der Waals surface area contributed by atoms with Crippen LogP contribution in [-0.4, -0.2) is 17.2 Å². The molecule has 0 aliphatic rings. The zero-order valence-electron chi connectivity index (χ0n) is 13.9. The number of phenolic OH excluding ortho intramolecular Hbond substituents is 1. The highest BCUT2D eigenvalue weighted by molar-refractivity contribution is 5.90. The van der Waals surface area contributed by atoms with Gasteiger partial charge in [-0.05, 0) is 68.5 Å². The van der Waals surface area contributed by atoms with Gasteiger partial charge in [-0.1, -0.05) is 24.3 Å². The molecule has 0 aliphatic carbocycles. The molecular weight excluding hydrogens is 288 g/mol. The molecule has 0 aliphatic heterocycles. The molecule has 4 nitrogen and oxygen atoms in total. The minimum absolute atomic E-state index is 0.0638. The van der Waals surface area contributed by atoms with Crippen LogP contribution in [0.1, 0.15) is 30.0 Å². The van der Waals surface area contributed by atoms with Gasteiger partial charge in [-0.25, -0.2) is 4.79 Å². The number of nitrogens with one attached hydrogen (secondary N) is 2. The summed E-state index contributed by atoms with van der Waals surface area (Å²) in [7, 11) is 0. The largest absolute Gasteiger partial charge is 0.508 e. The summed E-state index contributed by atoms with van der Waals surface area (Å²) >= 11 is 0. The Morgan fingerprint density at radius 1 is 1.13 bits per heavy atom. The van der Waals surface area contributed by atoms with E-state index in [4.69, 9.17) is 0 Å². The second kappa shape index (κ2) is 7.68. The van der Waals surface area contributed by atoms with Crippen LogP contribution in [0, 0.1) is 13.8 Å². The van der Waals surface area contributed by atoms with Crippen LogP contribution in [-0.2, 0) is 6.42 Å². The standard InChI is InChI=1S/C19H24N2O2/c1-13-4-5-14(2)18(12-13)21-19(23)20-15(3)6-7-16-8-10-17(22)11-9-16/h4-5,8-12,15,22H,6-7H2,1-3H3,(H2,20,21,23). The smallest absolute Gasteiger partial charge is 0.319 e. The third kappa shape index (κ3) is 5.33. The number of urea groups is 1. The maximum Gasteiger partial charge on any atom is 0.319 e. The van der Waals surface area contributed by atoms with Crippen molar-refractivity contribution < 1.29 is 9.90 Å². The van der Waals surface area contributed by atoms with E-state index in [2.05, 4.69) is 10.6 Å². The number of aryl methyl sites for hydroxylation is 3. The minimum atomic E-state index is -0.183. The van der Waals surface area contributed by atoms with E-state index in [1.54, 1.807) is 12.1 Å². The second-order valence-electron chi connectivity index (χ2n) is 6.02. The first-order chi connectivity index (χ1) is 10.9. The van der Waals surface area contributed by atoms with Gasteiger partial charge in [0, 0.05) is 11.7 Å². The Hall–Kier alpha value is -2.49. The summed E-state index contributed by atoms with van der Waals surface area (Å²) < 4.78 is 0. The molecule has 23 heavy (non-hydrogen) atoms. The van der Waals surface area contributed by atoms with Crippen molar-refractivity contribution in [1.82, 2.24) is 5.32 Å². The fourth-order valence-electron chi connectivity index (χ4n) is 2.37. The van der Waals surface area contributed by atoms with Crippen LogP contribution in [0.15, 0.2) is 42.5 Å². The van der Waals surface area contributed by atoms with Crippen molar-refractivity contribution in [1.29, 1.82) is 0 Å². The van der Waals surface area contributed by atoms with E-state index in [-0.39, 0.29) is 17.8 Å². The van der Waals surface area contributed by atoms with Crippen molar-refractivity contribution in [3.05, 3.63) is 59.2 Å². The number of anilines is 1. The molecule has 0 saturated heterocycles. The fourth-order valence-corrected chi connectivity index (χ4v) is 2.37. The Kier molecular flexibility index (Phi) is 5.63. The molecule has 4 heteroatoms. The quantitative estimate of drug-likeness (QED) is 0.776. The molecule has 0 spiro atoms. The Morgan fingerprint density at radius 3 is 2.52 bits per heavy atom. The van der Waals surface area contributed by atoms with Crippen LogP contribution >= 0.6 is 0 Å². The van der Waals surface area contributed by atoms with Crippen LogP contribution in [0.2, 0.25) is 0 Å². The van der Waals surface area contributed by atoms with Gasteiger partial charge in [0.1, 0.15) is 5.75 Å². The number of aromatic hydroxyl groups is 1. The van der Waals surface area contributed by atoms with Gasteiger partial charge in [0.25, 0.3) is 0 Å². The van der Waals surface area contributed by atoms with Crippen LogP contribution in [0.25, 0.3) is 0 Å². The molecule has 1 unspecified atom stereocenters. The number of rotatable bonds is 5. The fraction of sp³-hybridized carbons (Fsp3) is 0.316. The zero-order valence-corrected chi connectivity index (χ0v) is 13.9. The Labute approximate surface area is 137 Å². The van der Waals surface area contributed by atoms with Crippen molar-refractivity contribution >= 4 is 11.7 Å². The summed E-state index contributed by atoms with van der Waals surface area (Å²) in [5.74, 6) is 0.271. The minimum Gasteiger partial charge on any atom is -0.508 e. The van der Waals surface area contributed by atoms with E-state index in [1.165, 1.54) is 0 Å². The molecule has 122 valence electrons. The first kappa shape index (κ1) is 16.9. The lowest BCUT2D eigenvalue weighted by atomic mass is 10.1. The SMILES string of the molecule is Cc1ccc(C)c(NC(=O)NC(C)CCc2ccc(O)cc2)c1. The highest BCUT2D eigenvalue weighted by atomic mass is 16.3. The van der Waals surface area contributed by atoms with Gasteiger partial charge in [-0.3, -0.25) is 0 Å². The molecule has 0 saturated carbocycles. The van der Waals surface area contributed by atoms with Gasteiger partial charge in [-0.15, -0.1) is 0 Å². The summed E-state index contributed by atoms with van der Waals surface area (Å²) in [6, 6.07) is 13.0. The molecular formula is C19H24N2O2. The maximum atomic E-state index is 12.1. The highest BCUT2D eigenvalue weighted by Crippen LogP contribution is 2.16. The van der Waals surface area contributed by atoms with E-state index >= 15 is 0 Å². The van der Waals surface area contributed by atoms with Gasteiger partial charge >= 0.3 is 6.03 Å². The van der Waals surface area contributed by atoms with E-state index in [9.17, 15) is 9.90 Å². The summed E-state index contributed by atoms with van der Waals surface area (Å²) in [5, 5.41) is 15.1. The summed E-state index contributed by atoms with van der Waals surface area (Å²) in [6.07, 6.45) is 1.69. The van der Waals surface area contributed by atoms with Crippen LogP contribution < -0.4 is 10.6 Å². The van der Waals surface area contributed by atoms with Crippen molar-refractivity contribution in [2.24, 2.45) is 0 Å². The van der Waals surface area contributed by atoms with Gasteiger partial charge in [0.2, 0.25) is 0 Å². The highest BCUT2D eigenvalue weighted by Gasteiger charge is 2.09. The van der Waals surface area contributed by atoms with E-state index in [0.29, 0.717) is 0 Å². The lowest BCUT2D eigenvalue weighted by Gasteiger charge is -2.16. The first-order valence-electron chi connectivity index (χ1n) is 7.86. The molecule has 2 aromatic carbocycles. The van der Waals surface area contributed by atoms with Crippen LogP contribution in [0.5, 0.6) is 5.75 Å². The van der Waals surface area contributed by atoms with Gasteiger partial charge in [0.05, 0.1) is 0 Å². The molecule has 3 N–H and O–H groups in total. The molecule has 2 amide bonds. The number of hydrogen-bond acceptors (Lipinski definition) is 2. The van der Waals surface area contributed by atoms with Gasteiger partial charge < -0.3 is 15.7 Å². The summed E-state index contributed by atoms with van der Waals surface area (Å²) in [5.41, 5.74) is 4.15. The van der Waals surface area contributed by atoms with Crippen molar-refractivity contribution in [3.8, 4) is 5.75 Å². The summed E-state index contributed by atoms with van der Waals surface area (Å²) in [4.78, 5) is 12.1. The second-order valence-corrected chi connectivity index (χ2v) is 6.02. The Bertz CT molecular complexity index is 666. The third-order valence-corrected chi connectivity index (χ3v) is 3.82. The predicted molar refractivity (Wildman–Crippen MR) is 94.0 cm³/mol. The van der Waals surface area contributed by atoms with E-state index < -0.39 is 0 Å². The lowest BCUT2D eigenvalue weighted by Crippen LogP contribution is -2.36. The van der Waals surface area contributed by atoms with Crippen LogP contribution in [0.4, 0.5) is 10.5 Å². The topological polar surface area (TPSA) is 61.4 Å². The van der Waals surface area contributed by atoms with Crippen molar-refractivity contribution in [2.45, 2.75) is 39.7 Å². The molecule has 1 atom stereocenters. The van der Waals surface area contributed by atoms with E-state index in [1.807, 2.05) is 51.1 Å². The zero-order chi connectivity index (χ0) is 16.8. The van der Waals surface area contributed by atoms with E-state index in [0.717, 1.165) is 35.2 Å². The molecule has 0 aromatic heterocycles. The Morgan fingerprint density at radius 2 is 1.83 bits per heavy atom. The van der Waals surface area contributed by atoms with Crippen molar-refractivity contribution in [2.75, 3.05) is 5.32 Å². The van der Waals surface area contributed by atoms with Gasteiger partial charge in [0.15, 0.2) is 0 Å². The number of benzene rings is 2. The molecule has 2 aromatic rings. The van der Waals surface area contributed by atoms with Crippen molar-refractivity contribution in [3.63, 3.8) is 0 Å². The molecule has 0 radical (unpaired) electrons. The Balaban J connectivity index is 1.82. The normalized spacial score (nSPS) is 11.8. The number of carbonyl (C=O) groups excluding carboxylic acids is 1. The third-order valence-electron chi connectivity index (χ3n) is 3.82. The van der Waals surface area contributed by atoms with Crippen LogP contribution in [0.3, 0.4) is 0 Å². The number of hydrogen-bond donors (Lipinski definition) is 3.